The van der Waals surface area contributed by atoms with Crippen LogP contribution in [0.3, 0.4) is 0 Å². The van der Waals surface area contributed by atoms with Gasteiger partial charge in [0, 0.05) is 13.1 Å². The number of anilines is 1. The van der Waals surface area contributed by atoms with E-state index in [0.29, 0.717) is 18.7 Å². The maximum atomic E-state index is 12.9. The number of aliphatic hydroxyl groups excluding tert-OH is 1. The number of nitrogens with zero attached hydrogens (tertiary/aromatic N) is 3. The maximum absolute atomic E-state index is 12.9. The lowest BCUT2D eigenvalue weighted by Crippen LogP contribution is -2.56. The largest absolute Gasteiger partial charge is 0.444 e. The van der Waals surface area contributed by atoms with Gasteiger partial charge in [0.1, 0.15) is 11.1 Å². The molecule has 1 aromatic carbocycles. The third kappa shape index (κ3) is 4.34. The average Bonchev–Trinajstić information content (AvgIpc) is 3.18. The van der Waals surface area contributed by atoms with E-state index >= 15 is 0 Å². The molecular formula is C20H23BrF3N3O4. The first-order chi connectivity index (χ1) is 14.3. The third-order valence-corrected chi connectivity index (χ3v) is 6.03. The second-order valence-corrected chi connectivity index (χ2v) is 9.82. The van der Waals surface area contributed by atoms with Crippen LogP contribution in [0.5, 0.6) is 0 Å². The van der Waals surface area contributed by atoms with E-state index in [9.17, 15) is 23.1 Å². The quantitative estimate of drug-likeness (QED) is 0.632. The number of amides is 1. The van der Waals surface area contributed by atoms with Gasteiger partial charge in [0.15, 0.2) is 11.7 Å². The number of alkyl halides is 3. The number of halogens is 4. The van der Waals surface area contributed by atoms with E-state index in [2.05, 4.69) is 20.9 Å². The first kappa shape index (κ1) is 22.2. The number of oxazole rings is 1. The number of ether oxygens (including phenoxy) is 1. The first-order valence-corrected chi connectivity index (χ1v) is 10.7. The summed E-state index contributed by atoms with van der Waals surface area (Å²) in [5.41, 5.74) is -0.389. The molecule has 1 N–H and O–H groups in total. The fraction of sp³-hybridized carbons (Fsp3) is 0.600. The second kappa shape index (κ2) is 7.54. The Morgan fingerprint density at radius 2 is 1.87 bits per heavy atom. The van der Waals surface area contributed by atoms with Gasteiger partial charge in [-0.15, -0.1) is 0 Å². The summed E-state index contributed by atoms with van der Waals surface area (Å²) < 4.78 is 50.3. The summed E-state index contributed by atoms with van der Waals surface area (Å²) in [6, 6.07) is 2.51. The first-order valence-electron chi connectivity index (χ1n) is 9.94. The number of aromatic nitrogens is 1. The van der Waals surface area contributed by atoms with Crippen LogP contribution >= 0.6 is 15.9 Å². The highest BCUT2D eigenvalue weighted by atomic mass is 79.9. The third-order valence-electron chi connectivity index (χ3n) is 5.44. The van der Waals surface area contributed by atoms with Crippen LogP contribution in [0.1, 0.15) is 45.3 Å². The number of carbonyl (C=O) groups excluding carboxylic acids is 1. The minimum atomic E-state index is -4.78. The lowest BCUT2D eigenvalue weighted by atomic mass is 10.1. The lowest BCUT2D eigenvalue weighted by Gasteiger charge is -2.40. The minimum Gasteiger partial charge on any atom is -0.444 e. The van der Waals surface area contributed by atoms with E-state index in [4.69, 9.17) is 9.15 Å². The Morgan fingerprint density at radius 3 is 2.42 bits per heavy atom. The van der Waals surface area contributed by atoms with E-state index in [0.717, 1.165) is 12.8 Å². The van der Waals surface area contributed by atoms with Crippen molar-refractivity contribution in [1.82, 2.24) is 9.88 Å². The maximum Gasteiger partial charge on any atom is 0.418 e. The van der Waals surface area contributed by atoms with Crippen molar-refractivity contribution in [3.63, 3.8) is 0 Å². The summed E-state index contributed by atoms with van der Waals surface area (Å²) in [6.07, 6.45) is -6.08. The molecule has 2 bridgehead atoms. The molecule has 2 aliphatic heterocycles. The molecule has 3 heterocycles. The van der Waals surface area contributed by atoms with Gasteiger partial charge < -0.3 is 19.2 Å². The van der Waals surface area contributed by atoms with Crippen molar-refractivity contribution in [2.75, 3.05) is 18.0 Å². The summed E-state index contributed by atoms with van der Waals surface area (Å²) in [5.74, 6) is 0. The number of aliphatic hydroxyl groups is 1. The monoisotopic (exact) mass is 505 g/mol. The Morgan fingerprint density at radius 1 is 1.26 bits per heavy atom. The van der Waals surface area contributed by atoms with Crippen molar-refractivity contribution < 1.29 is 32.2 Å². The number of hydrogen-bond acceptors (Lipinski definition) is 6. The van der Waals surface area contributed by atoms with E-state index < -0.39 is 17.9 Å². The normalized spacial score (nSPS) is 22.8. The van der Waals surface area contributed by atoms with Gasteiger partial charge in [-0.1, -0.05) is 0 Å². The van der Waals surface area contributed by atoms with E-state index in [1.807, 2.05) is 25.7 Å². The zero-order valence-corrected chi connectivity index (χ0v) is 18.8. The number of fused-ring (bicyclic) bond motifs is 3. The molecule has 3 atom stereocenters. The molecule has 7 nitrogen and oxygen atoms in total. The molecule has 1 amide bonds. The topological polar surface area (TPSA) is 79.0 Å². The van der Waals surface area contributed by atoms with Gasteiger partial charge >= 0.3 is 12.3 Å². The van der Waals surface area contributed by atoms with E-state index in [-0.39, 0.29) is 39.7 Å². The van der Waals surface area contributed by atoms with Gasteiger partial charge in [-0.05, 0) is 67.2 Å². The molecule has 4 rings (SSSR count). The molecule has 170 valence electrons. The Bertz CT molecular complexity index is 990. The van der Waals surface area contributed by atoms with Crippen LogP contribution in [0.25, 0.3) is 11.1 Å². The molecule has 11 heteroatoms. The fourth-order valence-corrected chi connectivity index (χ4v) is 4.70. The predicted octanol–water partition coefficient (Wildman–Crippen LogP) is 4.77. The van der Waals surface area contributed by atoms with Crippen molar-refractivity contribution in [3.8, 4) is 0 Å². The molecule has 0 aliphatic carbocycles. The Kier molecular flexibility index (Phi) is 5.40. The number of carbonyl (C=O) groups is 1. The number of piperazine rings is 1. The zero-order chi connectivity index (χ0) is 22.7. The molecule has 3 unspecified atom stereocenters. The molecule has 0 spiro atoms. The van der Waals surface area contributed by atoms with Crippen molar-refractivity contribution in [1.29, 1.82) is 0 Å². The molecular weight excluding hydrogens is 483 g/mol. The van der Waals surface area contributed by atoms with Crippen LogP contribution in [0.2, 0.25) is 0 Å². The van der Waals surface area contributed by atoms with Crippen molar-refractivity contribution >= 4 is 39.1 Å². The van der Waals surface area contributed by atoms with Gasteiger partial charge in [0.25, 0.3) is 6.01 Å². The summed E-state index contributed by atoms with van der Waals surface area (Å²) in [4.78, 5) is 20.6. The standard InChI is InChI=1S/C20H23BrF3N3O4/c1-19(2,3)31-18(29)27-11-4-5-12(27)9-26(8-11)17-25-14-7-10(16(28)20(22,23)24)6-13(21)15(14)30-17/h6-7,11-12,16,28H,4-5,8-9H2,1-3H3. The zero-order valence-electron chi connectivity index (χ0n) is 17.2. The smallest absolute Gasteiger partial charge is 0.418 e. The highest BCUT2D eigenvalue weighted by Crippen LogP contribution is 2.39. The van der Waals surface area contributed by atoms with Gasteiger partial charge in [-0.2, -0.15) is 18.2 Å². The number of benzene rings is 1. The van der Waals surface area contributed by atoms with Crippen LogP contribution in [0, 0.1) is 0 Å². The van der Waals surface area contributed by atoms with Gasteiger partial charge in [-0.3, -0.25) is 4.90 Å². The van der Waals surface area contributed by atoms with Crippen LogP contribution in [0.15, 0.2) is 21.0 Å². The average molecular weight is 506 g/mol. The van der Waals surface area contributed by atoms with E-state index in [1.54, 1.807) is 4.90 Å². The van der Waals surface area contributed by atoms with Crippen molar-refractivity contribution in [2.24, 2.45) is 0 Å². The minimum absolute atomic E-state index is 0.0605. The molecule has 0 saturated carbocycles. The van der Waals surface area contributed by atoms with Gasteiger partial charge in [0.05, 0.1) is 16.6 Å². The van der Waals surface area contributed by atoms with Crippen molar-refractivity contribution in [3.05, 3.63) is 22.2 Å². The molecule has 2 fully saturated rings. The Labute approximate surface area is 185 Å². The summed E-state index contributed by atoms with van der Waals surface area (Å²) in [6.45, 7) is 6.44. The molecule has 0 radical (unpaired) electrons. The summed E-state index contributed by atoms with van der Waals surface area (Å²) in [5, 5.41) is 9.57. The van der Waals surface area contributed by atoms with E-state index in [1.165, 1.54) is 12.1 Å². The van der Waals surface area contributed by atoms with Crippen LogP contribution in [-0.4, -0.2) is 58.0 Å². The van der Waals surface area contributed by atoms with Gasteiger partial charge in [-0.25, -0.2) is 4.79 Å². The number of hydrogen-bond donors (Lipinski definition) is 1. The highest BCUT2D eigenvalue weighted by Gasteiger charge is 2.45. The summed E-state index contributed by atoms with van der Waals surface area (Å²) in [7, 11) is 0. The Balaban J connectivity index is 1.57. The van der Waals surface area contributed by atoms with Crippen LogP contribution < -0.4 is 4.90 Å². The van der Waals surface area contributed by atoms with Crippen LogP contribution in [0.4, 0.5) is 24.0 Å². The van der Waals surface area contributed by atoms with Crippen LogP contribution in [-0.2, 0) is 4.74 Å². The molecule has 1 aromatic heterocycles. The summed E-state index contributed by atoms with van der Waals surface area (Å²) >= 11 is 3.21. The predicted molar refractivity (Wildman–Crippen MR) is 110 cm³/mol. The SMILES string of the molecule is CC(C)(C)OC(=O)N1C2CCC1CN(c1nc3cc(C(O)C(F)(F)F)cc(Br)c3o1)C2. The molecule has 2 aliphatic rings. The fourth-order valence-electron chi connectivity index (χ4n) is 4.15. The Hall–Kier alpha value is -2.01. The number of rotatable bonds is 2. The molecule has 2 aromatic rings. The lowest BCUT2D eigenvalue weighted by molar-refractivity contribution is -0.206. The second-order valence-electron chi connectivity index (χ2n) is 8.97. The molecule has 2 saturated heterocycles. The highest BCUT2D eigenvalue weighted by molar-refractivity contribution is 9.10. The van der Waals surface area contributed by atoms with Gasteiger partial charge in [0.2, 0.25) is 0 Å². The molecule has 31 heavy (non-hydrogen) atoms. The van der Waals surface area contributed by atoms with Crippen molar-refractivity contribution in [2.45, 2.75) is 63.6 Å².